The molecule has 1 heterocycles. The molecule has 0 saturated heterocycles. The zero-order valence-electron chi connectivity index (χ0n) is 20.7. The number of sulfonamides is 1. The molecule has 0 aliphatic rings. The maximum absolute atomic E-state index is 13.2. The summed E-state index contributed by atoms with van der Waals surface area (Å²) in [4.78, 5) is 27.9. The quantitative estimate of drug-likeness (QED) is 0.383. The minimum absolute atomic E-state index is 0.0499. The monoisotopic (exact) mass is 524 g/mol. The molecule has 2 aromatic carbocycles. The van der Waals surface area contributed by atoms with E-state index in [-0.39, 0.29) is 22.8 Å². The Morgan fingerprint density at radius 2 is 1.92 bits per heavy atom. The van der Waals surface area contributed by atoms with Crippen LogP contribution in [0.15, 0.2) is 59.6 Å². The van der Waals surface area contributed by atoms with Crippen molar-refractivity contribution in [2.45, 2.75) is 50.2 Å². The number of rotatable bonds is 10. The van der Waals surface area contributed by atoms with Crippen molar-refractivity contribution in [2.75, 3.05) is 6.61 Å². The second kappa shape index (κ2) is 11.4. The highest BCUT2D eigenvalue weighted by molar-refractivity contribution is 7.89. The molecule has 1 atom stereocenters. The van der Waals surface area contributed by atoms with Crippen molar-refractivity contribution in [3.63, 3.8) is 0 Å². The maximum atomic E-state index is 13.2. The summed E-state index contributed by atoms with van der Waals surface area (Å²) in [6, 6.07) is 13.4. The Morgan fingerprint density at radius 3 is 2.59 bits per heavy atom. The zero-order valence-corrected chi connectivity index (χ0v) is 21.5. The number of esters is 1. The molecule has 3 aromatic rings. The Bertz CT molecular complexity index is 1450. The van der Waals surface area contributed by atoms with Gasteiger partial charge < -0.3 is 15.2 Å². The lowest BCUT2D eigenvalue weighted by molar-refractivity contribution is -0.154. The van der Waals surface area contributed by atoms with Gasteiger partial charge in [0.2, 0.25) is 15.9 Å². The second-order valence-corrected chi connectivity index (χ2v) is 10.9. The predicted molar refractivity (Wildman–Crippen MR) is 136 cm³/mol. The van der Waals surface area contributed by atoms with Crippen LogP contribution in [0.2, 0.25) is 0 Å². The van der Waals surface area contributed by atoms with Gasteiger partial charge in [0.05, 0.1) is 24.6 Å². The van der Waals surface area contributed by atoms with E-state index in [1.807, 2.05) is 30.3 Å². The molecule has 194 valence electrons. The predicted octanol–water partition coefficient (Wildman–Crippen LogP) is 2.86. The van der Waals surface area contributed by atoms with Crippen molar-refractivity contribution in [1.82, 2.24) is 9.71 Å². The van der Waals surface area contributed by atoms with Crippen LogP contribution in [0.25, 0.3) is 10.9 Å². The van der Waals surface area contributed by atoms with Gasteiger partial charge in [0.25, 0.3) is 0 Å². The number of nitrogens with zero attached hydrogens (tertiary/aromatic N) is 2. The molecule has 3 N–H and O–H groups in total. The first kappa shape index (κ1) is 27.6. The smallest absolute Gasteiger partial charge is 0.309 e. The van der Waals surface area contributed by atoms with Crippen molar-refractivity contribution < 1.29 is 27.5 Å². The summed E-state index contributed by atoms with van der Waals surface area (Å²) < 4.78 is 39.5. The SMILES string of the molecule is CC(C)(C)OC(=O)CC(C#N)NS(=O)(=O)c1ccc(C(N)=O)cc1OCCc1cccc2ncccc12. The van der Waals surface area contributed by atoms with E-state index >= 15 is 0 Å². The number of nitriles is 1. The van der Waals surface area contributed by atoms with E-state index in [1.54, 1.807) is 33.0 Å². The molecule has 0 fully saturated rings. The molecule has 0 aliphatic carbocycles. The number of nitrogens with two attached hydrogens (primary N) is 1. The number of pyridine rings is 1. The van der Waals surface area contributed by atoms with Crippen molar-refractivity contribution in [3.05, 3.63) is 65.9 Å². The fourth-order valence-corrected chi connectivity index (χ4v) is 4.83. The summed E-state index contributed by atoms with van der Waals surface area (Å²) in [6.07, 6.45) is 1.63. The number of aromatic nitrogens is 1. The number of hydrogen-bond donors (Lipinski definition) is 2. The lowest BCUT2D eigenvalue weighted by Gasteiger charge is -2.21. The van der Waals surface area contributed by atoms with Gasteiger partial charge in [-0.25, -0.2) is 8.42 Å². The molecular formula is C26H28N4O6S. The lowest BCUT2D eigenvalue weighted by Crippen LogP contribution is -2.37. The number of nitrogens with one attached hydrogen (secondary N) is 1. The molecule has 11 heteroatoms. The van der Waals surface area contributed by atoms with Crippen molar-refractivity contribution >= 4 is 32.8 Å². The van der Waals surface area contributed by atoms with E-state index in [9.17, 15) is 23.3 Å². The number of primary amides is 1. The van der Waals surface area contributed by atoms with Crippen LogP contribution >= 0.6 is 0 Å². The third-order valence-electron chi connectivity index (χ3n) is 5.13. The Hall–Kier alpha value is -4.01. The highest BCUT2D eigenvalue weighted by Crippen LogP contribution is 2.27. The van der Waals surface area contributed by atoms with Crippen LogP contribution in [0.5, 0.6) is 5.75 Å². The molecule has 1 unspecified atom stereocenters. The van der Waals surface area contributed by atoms with Crippen LogP contribution in [-0.4, -0.2) is 43.5 Å². The Balaban J connectivity index is 1.82. The van der Waals surface area contributed by atoms with Crippen LogP contribution in [0.3, 0.4) is 0 Å². The van der Waals surface area contributed by atoms with Gasteiger partial charge in [-0.2, -0.15) is 9.98 Å². The number of fused-ring (bicyclic) bond motifs is 1. The van der Waals surface area contributed by atoms with Crippen LogP contribution in [0.4, 0.5) is 0 Å². The number of hydrogen-bond acceptors (Lipinski definition) is 8. The average Bonchev–Trinajstić information content (AvgIpc) is 2.82. The minimum atomic E-state index is -4.33. The van der Waals surface area contributed by atoms with Gasteiger partial charge in [-0.15, -0.1) is 0 Å². The van der Waals surface area contributed by atoms with Gasteiger partial charge in [-0.05, 0) is 56.7 Å². The van der Waals surface area contributed by atoms with Crippen LogP contribution in [0, 0.1) is 11.3 Å². The standard InChI is InChI=1S/C26H28N4O6S/c1-26(2,3)36-24(31)15-19(16-27)30-37(33,34)23-10-9-18(25(28)32)14-22(23)35-13-11-17-6-4-8-21-20(17)7-5-12-29-21/h4-10,12,14,19,30H,11,13,15H2,1-3H3,(H2,28,32). The first-order valence-corrected chi connectivity index (χ1v) is 12.9. The van der Waals surface area contributed by atoms with Gasteiger partial charge in [0.15, 0.2) is 0 Å². The van der Waals surface area contributed by atoms with Crippen LogP contribution < -0.4 is 15.2 Å². The minimum Gasteiger partial charge on any atom is -0.492 e. The summed E-state index contributed by atoms with van der Waals surface area (Å²) >= 11 is 0. The summed E-state index contributed by atoms with van der Waals surface area (Å²) in [7, 11) is -4.33. The third-order valence-corrected chi connectivity index (χ3v) is 6.64. The van der Waals surface area contributed by atoms with Crippen molar-refractivity contribution in [3.8, 4) is 11.8 Å². The van der Waals surface area contributed by atoms with E-state index in [0.717, 1.165) is 16.5 Å². The molecule has 0 spiro atoms. The maximum Gasteiger partial charge on any atom is 0.309 e. The average molecular weight is 525 g/mol. The molecule has 3 rings (SSSR count). The first-order chi connectivity index (χ1) is 17.4. The molecule has 37 heavy (non-hydrogen) atoms. The molecule has 1 amide bonds. The Kier molecular flexibility index (Phi) is 8.47. The van der Waals surface area contributed by atoms with Crippen molar-refractivity contribution in [2.24, 2.45) is 5.73 Å². The van der Waals surface area contributed by atoms with Gasteiger partial charge in [-0.1, -0.05) is 18.2 Å². The van der Waals surface area contributed by atoms with Gasteiger partial charge >= 0.3 is 5.97 Å². The first-order valence-electron chi connectivity index (χ1n) is 11.4. The van der Waals surface area contributed by atoms with E-state index in [0.29, 0.717) is 6.42 Å². The Morgan fingerprint density at radius 1 is 1.16 bits per heavy atom. The lowest BCUT2D eigenvalue weighted by atomic mass is 10.1. The fourth-order valence-electron chi connectivity index (χ4n) is 3.57. The van der Waals surface area contributed by atoms with Crippen LogP contribution in [-0.2, 0) is 26.0 Å². The molecule has 0 saturated carbocycles. The van der Waals surface area contributed by atoms with E-state index in [4.69, 9.17) is 15.2 Å². The largest absolute Gasteiger partial charge is 0.492 e. The number of carbonyl (C=O) groups excluding carboxylic acids is 2. The molecule has 0 radical (unpaired) electrons. The van der Waals surface area contributed by atoms with Gasteiger partial charge in [0, 0.05) is 23.6 Å². The summed E-state index contributed by atoms with van der Waals surface area (Å²) in [5.74, 6) is -1.61. The molecule has 0 aliphatic heterocycles. The highest BCUT2D eigenvalue weighted by Gasteiger charge is 2.28. The summed E-state index contributed by atoms with van der Waals surface area (Å²) in [6.45, 7) is 5.07. The number of benzene rings is 2. The molecule has 0 bridgehead atoms. The van der Waals surface area contributed by atoms with E-state index < -0.39 is 40.0 Å². The summed E-state index contributed by atoms with van der Waals surface area (Å²) in [5, 5.41) is 10.4. The van der Waals surface area contributed by atoms with Gasteiger partial charge in [0.1, 0.15) is 22.3 Å². The van der Waals surface area contributed by atoms with Crippen LogP contribution in [0.1, 0.15) is 43.1 Å². The summed E-state index contributed by atoms with van der Waals surface area (Å²) in [5.41, 5.74) is 6.39. The highest BCUT2D eigenvalue weighted by atomic mass is 32.2. The van der Waals surface area contributed by atoms with E-state index in [1.165, 1.54) is 18.2 Å². The van der Waals surface area contributed by atoms with Crippen molar-refractivity contribution in [1.29, 1.82) is 5.26 Å². The third kappa shape index (κ3) is 7.49. The number of ether oxygens (including phenoxy) is 2. The fraction of sp³-hybridized carbons (Fsp3) is 0.308. The molecule has 1 aromatic heterocycles. The second-order valence-electron chi connectivity index (χ2n) is 9.20. The zero-order chi connectivity index (χ0) is 27.2. The molecular weight excluding hydrogens is 496 g/mol. The van der Waals surface area contributed by atoms with Gasteiger partial charge in [-0.3, -0.25) is 14.6 Å². The topological polar surface area (TPSA) is 161 Å². The Labute approximate surface area is 215 Å². The molecule has 10 nitrogen and oxygen atoms in total. The number of amides is 1. The number of carbonyl (C=O) groups is 2. The van der Waals surface area contributed by atoms with E-state index in [2.05, 4.69) is 9.71 Å². The normalized spacial score (nSPS) is 12.5.